The number of anilines is 1. The van der Waals surface area contributed by atoms with Crippen molar-refractivity contribution in [2.75, 3.05) is 31.5 Å². The lowest BCUT2D eigenvalue weighted by Crippen LogP contribution is -2.47. The fraction of sp³-hybridized carbons (Fsp3) is 0.414. The standard InChI is InChI=1S/C29H37N5O2/c1-4-18-32(25-15-19-33(20-16-25)29(36)24-11-7-5-8-12-24)21-17-27(35)30-28-22(2)31-34(23(28)3)26-13-9-6-10-14-26/h5-14,25H,4,15-21H2,1-3H3,(H,30,35). The molecular formula is C29H37N5O2. The monoisotopic (exact) mass is 487 g/mol. The van der Waals surface area contributed by atoms with Gasteiger partial charge in [0.25, 0.3) is 5.91 Å². The van der Waals surface area contributed by atoms with Crippen molar-refractivity contribution in [1.82, 2.24) is 19.6 Å². The van der Waals surface area contributed by atoms with E-state index in [9.17, 15) is 9.59 Å². The quantitative estimate of drug-likeness (QED) is 0.469. The third-order valence-corrected chi connectivity index (χ3v) is 6.98. The minimum absolute atomic E-state index is 0.00612. The number of carbonyl (C=O) groups is 2. The average molecular weight is 488 g/mol. The number of para-hydroxylation sites is 1. The van der Waals surface area contributed by atoms with Gasteiger partial charge in [-0.2, -0.15) is 5.10 Å². The molecule has 0 saturated carbocycles. The molecule has 0 atom stereocenters. The molecule has 7 heteroatoms. The summed E-state index contributed by atoms with van der Waals surface area (Å²) < 4.78 is 1.87. The van der Waals surface area contributed by atoms with E-state index in [1.54, 1.807) is 0 Å². The molecule has 2 aromatic carbocycles. The Labute approximate surface area is 214 Å². The molecule has 1 saturated heterocycles. The van der Waals surface area contributed by atoms with Gasteiger partial charge in [0.05, 0.1) is 22.8 Å². The number of benzene rings is 2. The highest BCUT2D eigenvalue weighted by Crippen LogP contribution is 2.23. The minimum Gasteiger partial charge on any atom is -0.339 e. The molecule has 0 spiro atoms. The molecule has 1 aromatic heterocycles. The fourth-order valence-corrected chi connectivity index (χ4v) is 5.05. The normalized spacial score (nSPS) is 14.3. The molecule has 4 rings (SSSR count). The molecule has 0 radical (unpaired) electrons. The Morgan fingerprint density at radius 3 is 2.25 bits per heavy atom. The van der Waals surface area contributed by atoms with Gasteiger partial charge in [-0.3, -0.25) is 14.5 Å². The molecule has 36 heavy (non-hydrogen) atoms. The Kier molecular flexibility index (Phi) is 8.54. The number of aryl methyl sites for hydroxylation is 1. The maximum Gasteiger partial charge on any atom is 0.253 e. The maximum atomic E-state index is 12.9. The van der Waals surface area contributed by atoms with Gasteiger partial charge in [0.15, 0.2) is 0 Å². The first-order valence-corrected chi connectivity index (χ1v) is 13.0. The highest BCUT2D eigenvalue weighted by molar-refractivity contribution is 5.94. The SMILES string of the molecule is CCCN(CCC(=O)Nc1c(C)nn(-c2ccccc2)c1C)C1CCN(C(=O)c2ccccc2)CC1. The molecular weight excluding hydrogens is 450 g/mol. The zero-order valence-corrected chi connectivity index (χ0v) is 21.6. The molecule has 1 aliphatic heterocycles. The Morgan fingerprint density at radius 1 is 0.972 bits per heavy atom. The molecule has 2 amide bonds. The van der Waals surface area contributed by atoms with Crippen LogP contribution in [-0.4, -0.2) is 63.6 Å². The molecule has 0 unspecified atom stereocenters. The van der Waals surface area contributed by atoms with Crippen molar-refractivity contribution in [3.05, 3.63) is 77.6 Å². The van der Waals surface area contributed by atoms with Crippen LogP contribution < -0.4 is 5.32 Å². The second-order valence-electron chi connectivity index (χ2n) is 9.52. The van der Waals surface area contributed by atoms with Gasteiger partial charge in [-0.05, 0) is 63.9 Å². The zero-order valence-electron chi connectivity index (χ0n) is 21.6. The van der Waals surface area contributed by atoms with E-state index in [0.717, 1.165) is 67.2 Å². The Balaban J connectivity index is 1.32. The average Bonchev–Trinajstić information content (AvgIpc) is 3.20. The summed E-state index contributed by atoms with van der Waals surface area (Å²) >= 11 is 0. The third-order valence-electron chi connectivity index (χ3n) is 6.98. The second-order valence-corrected chi connectivity index (χ2v) is 9.52. The van der Waals surface area contributed by atoms with E-state index < -0.39 is 0 Å². The van der Waals surface area contributed by atoms with Crippen LogP contribution in [0, 0.1) is 13.8 Å². The van der Waals surface area contributed by atoms with Gasteiger partial charge in [-0.25, -0.2) is 4.68 Å². The number of carbonyl (C=O) groups excluding carboxylic acids is 2. The van der Waals surface area contributed by atoms with Crippen LogP contribution in [-0.2, 0) is 4.79 Å². The fourth-order valence-electron chi connectivity index (χ4n) is 5.05. The van der Waals surface area contributed by atoms with Gasteiger partial charge in [0.1, 0.15) is 0 Å². The van der Waals surface area contributed by atoms with Crippen molar-refractivity contribution in [3.63, 3.8) is 0 Å². The third kappa shape index (κ3) is 6.02. The summed E-state index contributed by atoms with van der Waals surface area (Å²) in [5.74, 6) is 0.115. The number of amides is 2. The van der Waals surface area contributed by atoms with Crippen LogP contribution in [0.3, 0.4) is 0 Å². The Morgan fingerprint density at radius 2 is 1.61 bits per heavy atom. The summed E-state index contributed by atoms with van der Waals surface area (Å²) in [6.45, 7) is 9.25. The van der Waals surface area contributed by atoms with Crippen LogP contribution in [0.1, 0.15) is 54.4 Å². The van der Waals surface area contributed by atoms with E-state index in [0.29, 0.717) is 19.0 Å². The van der Waals surface area contributed by atoms with E-state index in [4.69, 9.17) is 0 Å². The minimum atomic E-state index is 0.00612. The summed E-state index contributed by atoms with van der Waals surface area (Å²) in [4.78, 5) is 30.1. The van der Waals surface area contributed by atoms with Crippen LogP contribution in [0.5, 0.6) is 0 Å². The molecule has 1 fully saturated rings. The van der Waals surface area contributed by atoms with Crippen LogP contribution in [0.4, 0.5) is 5.69 Å². The van der Waals surface area contributed by atoms with Gasteiger partial charge in [0.2, 0.25) is 5.91 Å². The summed E-state index contributed by atoms with van der Waals surface area (Å²) in [7, 11) is 0. The number of rotatable bonds is 9. The van der Waals surface area contributed by atoms with E-state index in [1.165, 1.54) is 0 Å². The summed E-state index contributed by atoms with van der Waals surface area (Å²) in [6, 6.07) is 19.8. The van der Waals surface area contributed by atoms with Crippen LogP contribution in [0.15, 0.2) is 60.7 Å². The highest BCUT2D eigenvalue weighted by atomic mass is 16.2. The van der Waals surface area contributed by atoms with E-state index >= 15 is 0 Å². The number of nitrogens with zero attached hydrogens (tertiary/aromatic N) is 4. The maximum absolute atomic E-state index is 12.9. The molecule has 3 aromatic rings. The van der Waals surface area contributed by atoms with Crippen molar-refractivity contribution in [1.29, 1.82) is 0 Å². The lowest BCUT2D eigenvalue weighted by molar-refractivity contribution is -0.116. The van der Waals surface area contributed by atoms with Crippen molar-refractivity contribution in [2.24, 2.45) is 0 Å². The van der Waals surface area contributed by atoms with Gasteiger partial charge < -0.3 is 10.2 Å². The Hall–Kier alpha value is -3.45. The molecule has 7 nitrogen and oxygen atoms in total. The molecule has 0 aliphatic carbocycles. The lowest BCUT2D eigenvalue weighted by atomic mass is 10.0. The largest absolute Gasteiger partial charge is 0.339 e. The molecule has 2 heterocycles. The van der Waals surface area contributed by atoms with Crippen LogP contribution >= 0.6 is 0 Å². The van der Waals surface area contributed by atoms with Gasteiger partial charge in [-0.1, -0.05) is 43.3 Å². The number of hydrogen-bond acceptors (Lipinski definition) is 4. The number of piperidine rings is 1. The highest BCUT2D eigenvalue weighted by Gasteiger charge is 2.27. The number of likely N-dealkylation sites (tertiary alicyclic amines) is 1. The molecule has 0 bridgehead atoms. The zero-order chi connectivity index (χ0) is 25.5. The van der Waals surface area contributed by atoms with Crippen molar-refractivity contribution >= 4 is 17.5 Å². The van der Waals surface area contributed by atoms with Crippen molar-refractivity contribution in [2.45, 2.75) is 52.5 Å². The first-order chi connectivity index (χ1) is 17.5. The second kappa shape index (κ2) is 12.0. The smallest absolute Gasteiger partial charge is 0.253 e. The number of nitrogens with one attached hydrogen (secondary N) is 1. The summed E-state index contributed by atoms with van der Waals surface area (Å²) in [5, 5.41) is 7.74. The van der Waals surface area contributed by atoms with Crippen LogP contribution in [0.2, 0.25) is 0 Å². The molecule has 1 aliphatic rings. The van der Waals surface area contributed by atoms with Crippen molar-refractivity contribution < 1.29 is 9.59 Å². The summed E-state index contributed by atoms with van der Waals surface area (Å²) in [6.07, 6.45) is 3.33. The van der Waals surface area contributed by atoms with Gasteiger partial charge in [0, 0.05) is 37.7 Å². The van der Waals surface area contributed by atoms with E-state index in [-0.39, 0.29) is 11.8 Å². The lowest BCUT2D eigenvalue weighted by Gasteiger charge is -2.38. The van der Waals surface area contributed by atoms with E-state index in [2.05, 4.69) is 22.2 Å². The predicted molar refractivity (Wildman–Crippen MR) is 144 cm³/mol. The predicted octanol–water partition coefficient (Wildman–Crippen LogP) is 4.83. The van der Waals surface area contributed by atoms with Gasteiger partial charge >= 0.3 is 0 Å². The number of aromatic nitrogens is 2. The Bertz CT molecular complexity index is 1150. The molecule has 190 valence electrons. The first-order valence-electron chi connectivity index (χ1n) is 13.0. The van der Waals surface area contributed by atoms with Crippen molar-refractivity contribution in [3.8, 4) is 5.69 Å². The van der Waals surface area contributed by atoms with Crippen LogP contribution in [0.25, 0.3) is 5.69 Å². The number of hydrogen-bond donors (Lipinski definition) is 1. The first kappa shape index (κ1) is 25.6. The van der Waals surface area contributed by atoms with Gasteiger partial charge in [-0.15, -0.1) is 0 Å². The molecule has 1 N–H and O–H groups in total. The topological polar surface area (TPSA) is 70.5 Å². The van der Waals surface area contributed by atoms with E-state index in [1.807, 2.05) is 84.1 Å². The summed E-state index contributed by atoms with van der Waals surface area (Å²) in [5.41, 5.74) is 4.25.